The first kappa shape index (κ1) is 43.4. The Hall–Kier alpha value is -7.90. The highest BCUT2D eigenvalue weighted by atomic mass is 32.2. The lowest BCUT2D eigenvalue weighted by Gasteiger charge is -2.15. The number of hydrogen-bond donors (Lipinski definition) is 0. The van der Waals surface area contributed by atoms with Crippen molar-refractivity contribution in [3.63, 3.8) is 0 Å². The quantitative estimate of drug-likeness (QED) is 0.147. The summed E-state index contributed by atoms with van der Waals surface area (Å²) in [4.78, 5) is 88.2. The summed E-state index contributed by atoms with van der Waals surface area (Å²) >= 11 is 3.86. The summed E-state index contributed by atoms with van der Waals surface area (Å²) in [6.45, 7) is 2.33. The van der Waals surface area contributed by atoms with Gasteiger partial charge in [-0.2, -0.15) is 10.5 Å². The molecule has 0 aliphatic carbocycles. The van der Waals surface area contributed by atoms with Crippen LogP contribution in [0.2, 0.25) is 0 Å². The number of hydrogen-bond acceptors (Lipinski definition) is 22. The molecule has 24 heteroatoms. The Balaban J connectivity index is 1.26. The summed E-state index contributed by atoms with van der Waals surface area (Å²) in [5.74, 6) is -5.97. The van der Waals surface area contributed by atoms with Gasteiger partial charge in [-0.25, -0.2) is 38.2 Å². The molecular weight excluding hydrogens is 937 g/mol. The van der Waals surface area contributed by atoms with Crippen molar-refractivity contribution in [1.82, 2.24) is 29.2 Å². The molecule has 2 aliphatic heterocycles. The lowest BCUT2D eigenvalue weighted by Crippen LogP contribution is -2.17. The zero-order valence-electron chi connectivity index (χ0n) is 33.9. The lowest BCUT2D eigenvalue weighted by molar-refractivity contribution is -0.133. The molecular formula is C42H22N8O12S4. The van der Waals surface area contributed by atoms with Gasteiger partial charge in [0.1, 0.15) is 45.5 Å². The minimum Gasteiger partial charge on any atom is -0.463 e. The first-order valence-corrected chi connectivity index (χ1v) is 21.9. The number of benzene rings is 3. The zero-order valence-corrected chi connectivity index (χ0v) is 37.1. The monoisotopic (exact) mass is 958 g/mol. The number of rotatable bonds is 8. The van der Waals surface area contributed by atoms with Crippen LogP contribution in [0.25, 0.3) is 19.8 Å². The molecule has 0 saturated carbocycles. The van der Waals surface area contributed by atoms with Crippen molar-refractivity contribution < 1.29 is 57.2 Å². The number of carbonyl (C=O) groups is 6. The van der Waals surface area contributed by atoms with Crippen molar-refractivity contribution >= 4 is 103 Å². The Bertz CT molecular complexity index is 3260. The number of nitriles is 2. The second-order valence-electron chi connectivity index (χ2n) is 13.3. The van der Waals surface area contributed by atoms with Gasteiger partial charge in [-0.15, -0.1) is 10.2 Å². The van der Waals surface area contributed by atoms with E-state index in [9.17, 15) is 39.3 Å². The van der Waals surface area contributed by atoms with Crippen molar-refractivity contribution in [1.29, 1.82) is 10.5 Å². The van der Waals surface area contributed by atoms with Crippen molar-refractivity contribution in [3.05, 3.63) is 105 Å². The number of aromatic nitrogens is 6. The summed E-state index contributed by atoms with van der Waals surface area (Å²) in [5, 5.41) is 29.9. The topological polar surface area (TPSA) is 266 Å². The van der Waals surface area contributed by atoms with Gasteiger partial charge in [0.15, 0.2) is 22.8 Å². The van der Waals surface area contributed by atoms with E-state index in [0.29, 0.717) is 0 Å². The Morgan fingerprint density at radius 2 is 0.879 bits per heavy atom. The molecule has 3 aromatic carbocycles. The van der Waals surface area contributed by atoms with Gasteiger partial charge in [0.2, 0.25) is 0 Å². The average Bonchev–Trinajstić information content (AvgIpc) is 4.16. The third-order valence-corrected chi connectivity index (χ3v) is 14.4. The Labute approximate surface area is 385 Å². The maximum absolute atomic E-state index is 13.8. The summed E-state index contributed by atoms with van der Waals surface area (Å²) in [7, 11) is 2.23. The highest BCUT2D eigenvalue weighted by Gasteiger charge is 2.41. The van der Waals surface area contributed by atoms with Crippen molar-refractivity contribution in [2.24, 2.45) is 0 Å². The van der Waals surface area contributed by atoms with Crippen LogP contribution < -0.4 is 29.6 Å². The van der Waals surface area contributed by atoms with Crippen molar-refractivity contribution in [2.75, 3.05) is 14.2 Å². The van der Waals surface area contributed by atoms with Gasteiger partial charge in [0, 0.05) is 13.8 Å². The molecule has 20 nitrogen and oxygen atoms in total. The maximum Gasteiger partial charge on any atom is 0.377 e. The van der Waals surface area contributed by atoms with E-state index in [-0.39, 0.29) is 95.3 Å². The van der Waals surface area contributed by atoms with E-state index in [1.165, 1.54) is 38.1 Å². The Morgan fingerprint density at radius 1 is 0.530 bits per heavy atom. The average molecular weight is 959 g/mol. The third-order valence-electron chi connectivity index (χ3n) is 9.23. The first-order valence-electron chi connectivity index (χ1n) is 18.6. The first-order chi connectivity index (χ1) is 31.8. The molecule has 2 aliphatic rings. The molecule has 66 heavy (non-hydrogen) atoms. The minimum absolute atomic E-state index is 0.00279. The van der Waals surface area contributed by atoms with Crippen molar-refractivity contribution in [3.8, 4) is 35.1 Å². The number of esters is 6. The summed E-state index contributed by atoms with van der Waals surface area (Å²) < 4.78 is 35.4. The molecule has 0 amide bonds. The highest BCUT2D eigenvalue weighted by molar-refractivity contribution is 8.33. The van der Waals surface area contributed by atoms with Gasteiger partial charge in [-0.3, -0.25) is 9.59 Å². The Morgan fingerprint density at radius 3 is 1.18 bits per heavy atom. The number of fused-ring (bicyclic) bond motifs is 4. The van der Waals surface area contributed by atoms with Crippen LogP contribution in [0.3, 0.4) is 0 Å². The molecule has 0 saturated heterocycles. The number of para-hydroxylation sites is 2. The predicted octanol–water partition coefficient (Wildman–Crippen LogP) is 4.74. The number of ether oxygens (including phenoxy) is 6. The largest absolute Gasteiger partial charge is 0.463 e. The van der Waals surface area contributed by atoms with E-state index >= 15 is 0 Å². The molecule has 4 aromatic heterocycles. The molecule has 0 atom stereocenters. The fourth-order valence-corrected chi connectivity index (χ4v) is 12.2. The van der Waals surface area contributed by atoms with E-state index in [2.05, 4.69) is 20.2 Å². The molecule has 6 heterocycles. The SMILES string of the molecule is COC(=O)c1nc2c(C(=O)Oc3ccccc3)c(C#N)c(=C3Sc4c(OC(C)=O)c5c(c(OC(C)=O)c4S3)SC(=c3c(C#N)c(C(=O)Oc4ccccc4)c4nc(C(=O)OC)nn34)S5)n2n1. The fraction of sp³-hybridized carbons (Fsp3) is 0.0952. The molecule has 0 N–H and O–H groups in total. The molecule has 0 bridgehead atoms. The van der Waals surface area contributed by atoms with Crippen LogP contribution in [0, 0.1) is 22.7 Å². The van der Waals surface area contributed by atoms with Crippen LogP contribution >= 0.6 is 47.0 Å². The minimum atomic E-state index is -0.985. The van der Waals surface area contributed by atoms with Crippen LogP contribution in [0.15, 0.2) is 80.2 Å². The van der Waals surface area contributed by atoms with Crippen LogP contribution in [-0.2, 0) is 19.1 Å². The van der Waals surface area contributed by atoms with Crippen LogP contribution in [0.4, 0.5) is 0 Å². The summed E-state index contributed by atoms with van der Waals surface area (Å²) in [6, 6.07) is 20.2. The van der Waals surface area contributed by atoms with E-state index < -0.39 is 47.5 Å². The van der Waals surface area contributed by atoms with Crippen molar-refractivity contribution in [2.45, 2.75) is 33.4 Å². The van der Waals surface area contributed by atoms with Gasteiger partial charge in [0.05, 0.1) is 53.4 Å². The summed E-state index contributed by atoms with van der Waals surface area (Å²) in [6.07, 6.45) is 0. The van der Waals surface area contributed by atoms with E-state index in [0.717, 1.165) is 70.3 Å². The second kappa shape index (κ2) is 17.2. The van der Waals surface area contributed by atoms with Gasteiger partial charge >= 0.3 is 35.8 Å². The molecule has 0 unspecified atom stereocenters. The molecule has 9 rings (SSSR count). The number of nitrogens with zero attached hydrogens (tertiary/aromatic N) is 8. The predicted molar refractivity (Wildman–Crippen MR) is 231 cm³/mol. The standard InChI is InChI=1S/C42H22N8O12S4/c1-17(51)59-27-29-31(65-41(63-29)25-21(15-43)23(37(53)61-19-11-7-5-8-12-19)35-45-33(39(55)57-3)47-49(25)35)28(60-18(2)52)32-30(27)64-42(66-32)26-22(16-44)24(38(54)62-20-13-9-6-10-14-20)36-46-34(40(56)58-4)48-50(26)36/h5-14H,1-4H3. The molecule has 0 spiro atoms. The second-order valence-corrected chi connectivity index (χ2v) is 17.9. The van der Waals surface area contributed by atoms with Crippen LogP contribution in [-0.4, -0.2) is 79.2 Å². The van der Waals surface area contributed by atoms with Crippen LogP contribution in [0.1, 0.15) is 66.9 Å². The lowest BCUT2D eigenvalue weighted by atomic mass is 10.2. The highest BCUT2D eigenvalue weighted by Crippen LogP contribution is 2.68. The Kier molecular flexibility index (Phi) is 11.3. The number of carbonyl (C=O) groups excluding carboxylic acids is 6. The van der Waals surface area contributed by atoms with Crippen LogP contribution in [0.5, 0.6) is 23.0 Å². The zero-order chi connectivity index (χ0) is 46.6. The third kappa shape index (κ3) is 7.36. The fourth-order valence-electron chi connectivity index (χ4n) is 6.63. The molecule has 0 radical (unpaired) electrons. The normalized spacial score (nSPS) is 12.6. The maximum atomic E-state index is 13.8. The van der Waals surface area contributed by atoms with E-state index in [4.69, 9.17) is 28.4 Å². The molecule has 7 aromatic rings. The number of thioether (sulfide) groups is 4. The molecule has 326 valence electrons. The van der Waals surface area contributed by atoms with Gasteiger partial charge in [-0.05, 0) is 24.3 Å². The van der Waals surface area contributed by atoms with E-state index in [1.807, 2.05) is 12.1 Å². The van der Waals surface area contributed by atoms with Gasteiger partial charge in [-0.1, -0.05) is 83.4 Å². The van der Waals surface area contributed by atoms with Gasteiger partial charge in [0.25, 0.3) is 11.6 Å². The van der Waals surface area contributed by atoms with E-state index in [1.54, 1.807) is 36.4 Å². The van der Waals surface area contributed by atoms with Gasteiger partial charge < -0.3 is 28.4 Å². The summed E-state index contributed by atoms with van der Waals surface area (Å²) in [5.41, 5.74) is -1.50. The smallest absolute Gasteiger partial charge is 0.377 e. The molecule has 0 fully saturated rings. The number of methoxy groups -OCH3 is 2.